The van der Waals surface area contributed by atoms with Crippen LogP contribution in [0.25, 0.3) is 0 Å². The summed E-state index contributed by atoms with van der Waals surface area (Å²) in [6.07, 6.45) is 3.85. The number of ether oxygens (including phenoxy) is 1. The Balaban J connectivity index is 2.02. The maximum atomic E-state index is 13.3. The Labute approximate surface area is 126 Å². The Morgan fingerprint density at radius 1 is 1.38 bits per heavy atom. The first-order chi connectivity index (χ1) is 10.0. The van der Waals surface area contributed by atoms with E-state index in [2.05, 4.69) is 20.8 Å². The normalized spacial score (nSPS) is 25.8. The zero-order valence-electron chi connectivity index (χ0n) is 13.1. The number of hydrogen-bond donors (Lipinski definition) is 0. The Morgan fingerprint density at radius 2 is 2.14 bits per heavy atom. The first-order valence-corrected chi connectivity index (χ1v) is 7.81. The Morgan fingerprint density at radius 3 is 2.81 bits per heavy atom. The highest BCUT2D eigenvalue weighted by molar-refractivity contribution is 5.34. The number of benzene rings is 1. The minimum atomic E-state index is -0.465. The van der Waals surface area contributed by atoms with Crippen molar-refractivity contribution in [3.05, 3.63) is 35.1 Å². The zero-order valence-corrected chi connectivity index (χ0v) is 13.1. The van der Waals surface area contributed by atoms with Crippen molar-refractivity contribution in [3.63, 3.8) is 0 Å². The standard InChI is InChI=1S/C18H24FNO/c1-12(2)16-6-4-13(3)8-18(16)21-11-14-5-7-17(19)15(9-14)10-20/h5,7,9,12-13,16,18H,4,6,8,11H2,1-3H3. The third-order valence-corrected chi connectivity index (χ3v) is 4.58. The fourth-order valence-corrected chi connectivity index (χ4v) is 3.26. The van der Waals surface area contributed by atoms with Crippen LogP contribution in [0, 0.1) is 34.9 Å². The van der Waals surface area contributed by atoms with Crippen molar-refractivity contribution in [3.8, 4) is 6.07 Å². The lowest BCUT2D eigenvalue weighted by atomic mass is 9.75. The van der Waals surface area contributed by atoms with Crippen LogP contribution in [-0.4, -0.2) is 6.10 Å². The Kier molecular flexibility index (Phi) is 5.36. The van der Waals surface area contributed by atoms with Crippen LogP contribution in [0.1, 0.15) is 51.2 Å². The van der Waals surface area contributed by atoms with Crippen LogP contribution in [0.15, 0.2) is 18.2 Å². The number of nitrogens with zero attached hydrogens (tertiary/aromatic N) is 1. The fourth-order valence-electron chi connectivity index (χ4n) is 3.26. The van der Waals surface area contributed by atoms with E-state index in [4.69, 9.17) is 10.00 Å². The summed E-state index contributed by atoms with van der Waals surface area (Å²) >= 11 is 0. The molecular formula is C18H24FNO. The number of nitriles is 1. The van der Waals surface area contributed by atoms with Crippen molar-refractivity contribution in [2.45, 2.75) is 52.7 Å². The second-order valence-corrected chi connectivity index (χ2v) is 6.60. The summed E-state index contributed by atoms with van der Waals surface area (Å²) in [5.74, 6) is 1.45. The molecule has 1 aromatic carbocycles. The van der Waals surface area contributed by atoms with Gasteiger partial charge in [-0.15, -0.1) is 0 Å². The van der Waals surface area contributed by atoms with Gasteiger partial charge < -0.3 is 4.74 Å². The van der Waals surface area contributed by atoms with Crippen molar-refractivity contribution in [1.29, 1.82) is 5.26 Å². The van der Waals surface area contributed by atoms with Gasteiger partial charge in [-0.3, -0.25) is 0 Å². The van der Waals surface area contributed by atoms with Gasteiger partial charge in [0.25, 0.3) is 0 Å². The predicted molar refractivity (Wildman–Crippen MR) is 81.0 cm³/mol. The van der Waals surface area contributed by atoms with Crippen LogP contribution in [0.3, 0.4) is 0 Å². The van der Waals surface area contributed by atoms with Crippen LogP contribution >= 0.6 is 0 Å². The molecule has 0 aromatic heterocycles. The average Bonchev–Trinajstić information content (AvgIpc) is 2.46. The molecule has 0 saturated heterocycles. The first-order valence-electron chi connectivity index (χ1n) is 7.81. The minimum absolute atomic E-state index is 0.0912. The average molecular weight is 289 g/mol. The summed E-state index contributed by atoms with van der Waals surface area (Å²) < 4.78 is 19.4. The van der Waals surface area contributed by atoms with Gasteiger partial charge in [-0.1, -0.05) is 33.3 Å². The molecule has 1 aliphatic rings. The van der Waals surface area contributed by atoms with E-state index in [9.17, 15) is 4.39 Å². The summed E-state index contributed by atoms with van der Waals surface area (Å²) in [4.78, 5) is 0. The molecule has 1 aliphatic carbocycles. The quantitative estimate of drug-likeness (QED) is 0.806. The van der Waals surface area contributed by atoms with Crippen molar-refractivity contribution in [2.75, 3.05) is 0 Å². The molecule has 3 atom stereocenters. The van der Waals surface area contributed by atoms with Gasteiger partial charge in [0.1, 0.15) is 11.9 Å². The van der Waals surface area contributed by atoms with Gasteiger partial charge in [-0.05, 0) is 48.3 Å². The Hall–Kier alpha value is -1.40. The van der Waals surface area contributed by atoms with E-state index in [0.29, 0.717) is 24.4 Å². The number of hydrogen-bond acceptors (Lipinski definition) is 2. The highest BCUT2D eigenvalue weighted by Crippen LogP contribution is 2.35. The number of rotatable bonds is 4. The van der Waals surface area contributed by atoms with Gasteiger partial charge in [0.05, 0.1) is 18.3 Å². The largest absolute Gasteiger partial charge is 0.373 e. The minimum Gasteiger partial charge on any atom is -0.373 e. The van der Waals surface area contributed by atoms with Crippen molar-refractivity contribution in [1.82, 2.24) is 0 Å². The van der Waals surface area contributed by atoms with Gasteiger partial charge in [-0.2, -0.15) is 5.26 Å². The van der Waals surface area contributed by atoms with E-state index in [1.807, 2.05) is 6.07 Å². The molecule has 21 heavy (non-hydrogen) atoms. The van der Waals surface area contributed by atoms with Crippen LogP contribution in [0.5, 0.6) is 0 Å². The SMILES string of the molecule is CC1CCC(C(C)C)C(OCc2ccc(F)c(C#N)c2)C1. The third kappa shape index (κ3) is 4.04. The van der Waals surface area contributed by atoms with E-state index >= 15 is 0 Å². The maximum Gasteiger partial charge on any atom is 0.140 e. The molecule has 0 heterocycles. The van der Waals surface area contributed by atoms with Crippen LogP contribution in [0.2, 0.25) is 0 Å². The third-order valence-electron chi connectivity index (χ3n) is 4.58. The summed E-state index contributed by atoms with van der Waals surface area (Å²) in [6.45, 7) is 7.24. The van der Waals surface area contributed by atoms with Crippen molar-refractivity contribution < 1.29 is 9.13 Å². The molecular weight excluding hydrogens is 265 g/mol. The number of halogens is 1. The lowest BCUT2D eigenvalue weighted by molar-refractivity contribution is -0.0472. The lowest BCUT2D eigenvalue weighted by Crippen LogP contribution is -2.34. The molecule has 0 aliphatic heterocycles. The molecule has 0 radical (unpaired) electrons. The molecule has 3 unspecified atom stereocenters. The van der Waals surface area contributed by atoms with Gasteiger partial charge in [0.15, 0.2) is 0 Å². The van der Waals surface area contributed by atoms with Gasteiger partial charge in [0, 0.05) is 0 Å². The van der Waals surface area contributed by atoms with E-state index < -0.39 is 5.82 Å². The van der Waals surface area contributed by atoms with Crippen LogP contribution in [-0.2, 0) is 11.3 Å². The van der Waals surface area contributed by atoms with Crippen molar-refractivity contribution >= 4 is 0 Å². The molecule has 0 amide bonds. The van der Waals surface area contributed by atoms with Gasteiger partial charge in [0.2, 0.25) is 0 Å². The van der Waals surface area contributed by atoms with Crippen LogP contribution in [0.4, 0.5) is 4.39 Å². The summed E-state index contributed by atoms with van der Waals surface area (Å²) in [6, 6.07) is 6.52. The van der Waals surface area contributed by atoms with E-state index in [1.165, 1.54) is 18.9 Å². The van der Waals surface area contributed by atoms with Crippen LogP contribution < -0.4 is 0 Å². The molecule has 2 nitrogen and oxygen atoms in total. The molecule has 2 rings (SSSR count). The van der Waals surface area contributed by atoms with E-state index in [-0.39, 0.29) is 11.7 Å². The molecule has 3 heteroatoms. The zero-order chi connectivity index (χ0) is 15.4. The molecule has 1 fully saturated rings. The smallest absolute Gasteiger partial charge is 0.140 e. The Bertz CT molecular complexity index is 520. The summed E-state index contributed by atoms with van der Waals surface area (Å²) in [7, 11) is 0. The van der Waals surface area contributed by atoms with E-state index in [1.54, 1.807) is 12.1 Å². The molecule has 1 saturated carbocycles. The molecule has 0 N–H and O–H groups in total. The molecule has 0 bridgehead atoms. The first kappa shape index (κ1) is 16.0. The highest BCUT2D eigenvalue weighted by atomic mass is 19.1. The maximum absolute atomic E-state index is 13.3. The molecule has 114 valence electrons. The molecule has 1 aromatic rings. The fraction of sp³-hybridized carbons (Fsp3) is 0.611. The summed E-state index contributed by atoms with van der Waals surface area (Å²) in [5, 5.41) is 8.88. The monoisotopic (exact) mass is 289 g/mol. The summed E-state index contributed by atoms with van der Waals surface area (Å²) in [5.41, 5.74) is 0.960. The second-order valence-electron chi connectivity index (χ2n) is 6.60. The predicted octanol–water partition coefficient (Wildman–Crippen LogP) is 4.67. The second kappa shape index (κ2) is 7.04. The van der Waals surface area contributed by atoms with Crippen molar-refractivity contribution in [2.24, 2.45) is 17.8 Å². The van der Waals surface area contributed by atoms with Gasteiger partial charge in [-0.25, -0.2) is 4.39 Å². The highest BCUT2D eigenvalue weighted by Gasteiger charge is 2.31. The molecule has 0 spiro atoms. The lowest BCUT2D eigenvalue weighted by Gasteiger charge is -2.37. The van der Waals surface area contributed by atoms with Gasteiger partial charge >= 0.3 is 0 Å². The van der Waals surface area contributed by atoms with E-state index in [0.717, 1.165) is 12.0 Å². The topological polar surface area (TPSA) is 33.0 Å².